The molecule has 0 radical (unpaired) electrons. The molecule has 0 saturated carbocycles. The van der Waals surface area contributed by atoms with Crippen LogP contribution < -0.4 is 15.5 Å². The SMILES string of the molecule is CN(C)c1ccc(NCCNC(C)(C)C)cc1. The van der Waals surface area contributed by atoms with Crippen LogP contribution in [0.15, 0.2) is 24.3 Å². The zero-order valence-electron chi connectivity index (χ0n) is 11.7. The van der Waals surface area contributed by atoms with Crippen molar-refractivity contribution in [3.63, 3.8) is 0 Å². The third-order valence-electron chi connectivity index (χ3n) is 2.49. The van der Waals surface area contributed by atoms with E-state index >= 15 is 0 Å². The highest BCUT2D eigenvalue weighted by Crippen LogP contribution is 2.15. The summed E-state index contributed by atoms with van der Waals surface area (Å²) in [5.74, 6) is 0. The number of nitrogens with zero attached hydrogens (tertiary/aromatic N) is 1. The zero-order valence-corrected chi connectivity index (χ0v) is 11.7. The zero-order chi connectivity index (χ0) is 12.9. The molecule has 2 N–H and O–H groups in total. The molecule has 3 heteroatoms. The molecule has 96 valence electrons. The van der Waals surface area contributed by atoms with Crippen molar-refractivity contribution in [2.24, 2.45) is 0 Å². The minimum absolute atomic E-state index is 0.191. The van der Waals surface area contributed by atoms with Crippen LogP contribution in [0.2, 0.25) is 0 Å². The fourth-order valence-corrected chi connectivity index (χ4v) is 1.52. The second-order valence-corrected chi connectivity index (χ2v) is 5.54. The summed E-state index contributed by atoms with van der Waals surface area (Å²) in [4.78, 5) is 2.10. The Balaban J connectivity index is 2.33. The van der Waals surface area contributed by atoms with Crippen LogP contribution in [-0.4, -0.2) is 32.7 Å². The van der Waals surface area contributed by atoms with Crippen molar-refractivity contribution in [2.45, 2.75) is 26.3 Å². The van der Waals surface area contributed by atoms with E-state index in [9.17, 15) is 0 Å². The summed E-state index contributed by atoms with van der Waals surface area (Å²) < 4.78 is 0. The van der Waals surface area contributed by atoms with Crippen molar-refractivity contribution >= 4 is 11.4 Å². The van der Waals surface area contributed by atoms with Crippen LogP contribution in [-0.2, 0) is 0 Å². The number of anilines is 2. The Bertz CT molecular complexity index is 322. The maximum absolute atomic E-state index is 3.45. The van der Waals surface area contributed by atoms with Gasteiger partial charge in [0.2, 0.25) is 0 Å². The Morgan fingerprint density at radius 2 is 1.59 bits per heavy atom. The summed E-state index contributed by atoms with van der Waals surface area (Å²) in [7, 11) is 4.10. The second-order valence-electron chi connectivity index (χ2n) is 5.54. The molecule has 1 rings (SSSR count). The van der Waals surface area contributed by atoms with Crippen molar-refractivity contribution in [2.75, 3.05) is 37.4 Å². The third kappa shape index (κ3) is 5.59. The number of hydrogen-bond acceptors (Lipinski definition) is 3. The van der Waals surface area contributed by atoms with Crippen molar-refractivity contribution in [3.8, 4) is 0 Å². The lowest BCUT2D eigenvalue weighted by molar-refractivity contribution is 0.435. The van der Waals surface area contributed by atoms with Gasteiger partial charge in [0.05, 0.1) is 0 Å². The highest BCUT2D eigenvalue weighted by atomic mass is 15.1. The van der Waals surface area contributed by atoms with E-state index < -0.39 is 0 Å². The van der Waals surface area contributed by atoms with Crippen molar-refractivity contribution in [3.05, 3.63) is 24.3 Å². The quantitative estimate of drug-likeness (QED) is 0.768. The molecule has 0 unspecified atom stereocenters. The van der Waals surface area contributed by atoms with E-state index in [-0.39, 0.29) is 5.54 Å². The molecule has 0 spiro atoms. The third-order valence-corrected chi connectivity index (χ3v) is 2.49. The predicted molar refractivity (Wildman–Crippen MR) is 77.0 cm³/mol. The highest BCUT2D eigenvalue weighted by molar-refractivity contribution is 5.54. The molecule has 17 heavy (non-hydrogen) atoms. The smallest absolute Gasteiger partial charge is 0.0362 e. The fraction of sp³-hybridized carbons (Fsp3) is 0.571. The summed E-state index contributed by atoms with van der Waals surface area (Å²) in [6.07, 6.45) is 0. The monoisotopic (exact) mass is 235 g/mol. The largest absolute Gasteiger partial charge is 0.384 e. The molecular formula is C14H25N3. The van der Waals surface area contributed by atoms with E-state index in [1.54, 1.807) is 0 Å². The van der Waals surface area contributed by atoms with Crippen LogP contribution in [0.25, 0.3) is 0 Å². The standard InChI is InChI=1S/C14H25N3/c1-14(2,3)16-11-10-15-12-6-8-13(9-7-12)17(4)5/h6-9,15-16H,10-11H2,1-5H3. The minimum Gasteiger partial charge on any atom is -0.384 e. The molecule has 1 aromatic carbocycles. The van der Waals surface area contributed by atoms with Crippen LogP contribution in [0.3, 0.4) is 0 Å². The lowest BCUT2D eigenvalue weighted by Gasteiger charge is -2.20. The normalized spacial score (nSPS) is 11.4. The van der Waals surface area contributed by atoms with Crippen molar-refractivity contribution in [1.29, 1.82) is 0 Å². The van der Waals surface area contributed by atoms with Gasteiger partial charge >= 0.3 is 0 Å². The van der Waals surface area contributed by atoms with E-state index in [0.717, 1.165) is 13.1 Å². The topological polar surface area (TPSA) is 27.3 Å². The van der Waals surface area contributed by atoms with Gasteiger partial charge < -0.3 is 15.5 Å². The lowest BCUT2D eigenvalue weighted by Crippen LogP contribution is -2.38. The van der Waals surface area contributed by atoms with Gasteiger partial charge in [0.25, 0.3) is 0 Å². The minimum atomic E-state index is 0.191. The average Bonchev–Trinajstić information content (AvgIpc) is 2.24. The van der Waals surface area contributed by atoms with Gasteiger partial charge in [-0.3, -0.25) is 0 Å². The van der Waals surface area contributed by atoms with E-state index in [2.05, 4.69) is 74.7 Å². The molecule has 1 aromatic rings. The molecule has 0 aliphatic rings. The van der Waals surface area contributed by atoms with Crippen LogP contribution in [0.4, 0.5) is 11.4 Å². The molecule has 0 saturated heterocycles. The summed E-state index contributed by atoms with van der Waals surface area (Å²) in [6.45, 7) is 8.45. The fourth-order valence-electron chi connectivity index (χ4n) is 1.52. The van der Waals surface area contributed by atoms with Gasteiger partial charge in [0, 0.05) is 44.1 Å². The van der Waals surface area contributed by atoms with Gasteiger partial charge in [-0.2, -0.15) is 0 Å². The predicted octanol–water partition coefficient (Wildman–Crippen LogP) is 2.55. The molecule has 0 amide bonds. The summed E-state index contributed by atoms with van der Waals surface area (Å²) in [6, 6.07) is 8.48. The molecule has 3 nitrogen and oxygen atoms in total. The number of rotatable bonds is 5. The maximum Gasteiger partial charge on any atom is 0.0362 e. The van der Waals surface area contributed by atoms with Crippen LogP contribution in [0.1, 0.15) is 20.8 Å². The lowest BCUT2D eigenvalue weighted by atomic mass is 10.1. The molecule has 0 aromatic heterocycles. The van der Waals surface area contributed by atoms with Crippen LogP contribution >= 0.6 is 0 Å². The van der Waals surface area contributed by atoms with Crippen molar-refractivity contribution < 1.29 is 0 Å². The van der Waals surface area contributed by atoms with E-state index in [4.69, 9.17) is 0 Å². The Morgan fingerprint density at radius 1 is 1.00 bits per heavy atom. The molecule has 0 heterocycles. The summed E-state index contributed by atoms with van der Waals surface area (Å²) in [5.41, 5.74) is 2.59. The van der Waals surface area contributed by atoms with E-state index in [1.165, 1.54) is 11.4 Å². The molecule has 0 atom stereocenters. The Hall–Kier alpha value is -1.22. The van der Waals surface area contributed by atoms with E-state index in [0.29, 0.717) is 0 Å². The van der Waals surface area contributed by atoms with Crippen LogP contribution in [0, 0.1) is 0 Å². The first-order chi connectivity index (χ1) is 7.88. The number of nitrogens with one attached hydrogen (secondary N) is 2. The Kier molecular flexibility index (Phi) is 4.82. The summed E-state index contributed by atoms with van der Waals surface area (Å²) in [5, 5.41) is 6.85. The summed E-state index contributed by atoms with van der Waals surface area (Å²) >= 11 is 0. The first kappa shape index (κ1) is 13.8. The molecule has 0 aliphatic heterocycles. The Morgan fingerprint density at radius 3 is 2.06 bits per heavy atom. The first-order valence-electron chi connectivity index (χ1n) is 6.15. The Labute approximate surface area is 105 Å². The van der Waals surface area contributed by atoms with Gasteiger partial charge in [0.15, 0.2) is 0 Å². The maximum atomic E-state index is 3.45. The molecule has 0 aliphatic carbocycles. The van der Waals surface area contributed by atoms with Crippen LogP contribution in [0.5, 0.6) is 0 Å². The van der Waals surface area contributed by atoms with Gasteiger partial charge in [0.1, 0.15) is 0 Å². The molecule has 0 bridgehead atoms. The van der Waals surface area contributed by atoms with Gasteiger partial charge in [-0.25, -0.2) is 0 Å². The molecular weight excluding hydrogens is 210 g/mol. The van der Waals surface area contributed by atoms with E-state index in [1.807, 2.05) is 0 Å². The number of benzene rings is 1. The van der Waals surface area contributed by atoms with Gasteiger partial charge in [-0.15, -0.1) is 0 Å². The molecule has 0 fully saturated rings. The van der Waals surface area contributed by atoms with Gasteiger partial charge in [-0.1, -0.05) is 0 Å². The van der Waals surface area contributed by atoms with Gasteiger partial charge in [-0.05, 0) is 45.0 Å². The number of hydrogen-bond donors (Lipinski definition) is 2. The second kappa shape index (κ2) is 5.92. The van der Waals surface area contributed by atoms with Crippen molar-refractivity contribution in [1.82, 2.24) is 5.32 Å². The first-order valence-corrected chi connectivity index (χ1v) is 6.15. The highest BCUT2D eigenvalue weighted by Gasteiger charge is 2.06. The average molecular weight is 235 g/mol.